The molecule has 1 nitrogen and oxygen atoms in total. The average Bonchev–Trinajstić information content (AvgIpc) is 2.16. The molecule has 14 heavy (non-hydrogen) atoms. The van der Waals surface area contributed by atoms with Gasteiger partial charge < -0.3 is 4.74 Å². The Labute approximate surface area is 91.0 Å². The largest absolute Gasteiger partial charge is 0.490 e. The smallest absolute Gasteiger partial charge is 0.121 e. The van der Waals surface area contributed by atoms with Crippen LogP contribution in [0.15, 0.2) is 24.3 Å². The van der Waals surface area contributed by atoms with Crippen molar-refractivity contribution < 1.29 is 4.74 Å². The lowest BCUT2D eigenvalue weighted by Gasteiger charge is -2.20. The highest BCUT2D eigenvalue weighted by atomic mass is 35.5. The Bertz CT molecular complexity index is 285. The van der Waals surface area contributed by atoms with Crippen molar-refractivity contribution in [1.29, 1.82) is 0 Å². The molecule has 0 aliphatic rings. The second-order valence-corrected chi connectivity index (χ2v) is 4.10. The van der Waals surface area contributed by atoms with Gasteiger partial charge in [-0.3, -0.25) is 0 Å². The fourth-order valence-corrected chi connectivity index (χ4v) is 1.38. The molecule has 0 aliphatic carbocycles. The van der Waals surface area contributed by atoms with Crippen LogP contribution in [0.25, 0.3) is 0 Å². The van der Waals surface area contributed by atoms with Crippen molar-refractivity contribution in [1.82, 2.24) is 0 Å². The number of hydrogen-bond donors (Lipinski definition) is 0. The summed E-state index contributed by atoms with van der Waals surface area (Å²) in [5.74, 6) is 1.42. The molecule has 0 saturated heterocycles. The van der Waals surface area contributed by atoms with Crippen molar-refractivity contribution in [2.75, 3.05) is 0 Å². The fourth-order valence-electron chi connectivity index (χ4n) is 1.20. The lowest BCUT2D eigenvalue weighted by molar-refractivity contribution is 0.158. The van der Waals surface area contributed by atoms with Gasteiger partial charge in [-0.15, -0.1) is 0 Å². The maximum absolute atomic E-state index is 5.86. The van der Waals surface area contributed by atoms with E-state index in [4.69, 9.17) is 16.3 Å². The van der Waals surface area contributed by atoms with Crippen LogP contribution in [0.2, 0.25) is 5.02 Å². The van der Waals surface area contributed by atoms with Gasteiger partial charge in [0.25, 0.3) is 0 Å². The van der Waals surface area contributed by atoms with Gasteiger partial charge in [-0.2, -0.15) is 0 Å². The highest BCUT2D eigenvalue weighted by Crippen LogP contribution is 2.21. The van der Waals surface area contributed by atoms with Crippen LogP contribution < -0.4 is 4.74 Å². The van der Waals surface area contributed by atoms with E-state index in [1.54, 1.807) is 0 Å². The lowest BCUT2D eigenvalue weighted by Crippen LogP contribution is -2.20. The molecule has 1 aromatic rings. The van der Waals surface area contributed by atoms with Crippen molar-refractivity contribution in [2.24, 2.45) is 5.92 Å². The minimum absolute atomic E-state index is 0.235. The number of rotatable bonds is 4. The molecule has 0 bridgehead atoms. The molecule has 1 aromatic carbocycles. The first kappa shape index (κ1) is 11.4. The number of ether oxygens (including phenoxy) is 1. The number of hydrogen-bond acceptors (Lipinski definition) is 1. The SMILES string of the molecule is CCC(C)C(C)Oc1cccc(Cl)c1. The maximum Gasteiger partial charge on any atom is 0.121 e. The van der Waals surface area contributed by atoms with E-state index in [-0.39, 0.29) is 6.10 Å². The molecule has 0 heterocycles. The molecule has 0 fully saturated rings. The summed E-state index contributed by atoms with van der Waals surface area (Å²) >= 11 is 5.86. The van der Waals surface area contributed by atoms with E-state index in [1.165, 1.54) is 0 Å². The van der Waals surface area contributed by atoms with Crippen LogP contribution in [0.1, 0.15) is 27.2 Å². The van der Waals surface area contributed by atoms with Gasteiger partial charge in [0, 0.05) is 5.02 Å². The van der Waals surface area contributed by atoms with Crippen LogP contribution in [-0.4, -0.2) is 6.10 Å². The summed E-state index contributed by atoms with van der Waals surface area (Å²) in [7, 11) is 0. The van der Waals surface area contributed by atoms with E-state index in [2.05, 4.69) is 20.8 Å². The Morgan fingerprint density at radius 1 is 1.36 bits per heavy atom. The van der Waals surface area contributed by atoms with Gasteiger partial charge >= 0.3 is 0 Å². The zero-order chi connectivity index (χ0) is 10.6. The average molecular weight is 213 g/mol. The summed E-state index contributed by atoms with van der Waals surface area (Å²) in [4.78, 5) is 0. The van der Waals surface area contributed by atoms with Crippen LogP contribution in [0.3, 0.4) is 0 Å². The molecule has 0 aromatic heterocycles. The summed E-state index contributed by atoms with van der Waals surface area (Å²) in [6.07, 6.45) is 1.36. The predicted molar refractivity (Wildman–Crippen MR) is 61.0 cm³/mol. The molecule has 1 rings (SSSR count). The Morgan fingerprint density at radius 3 is 2.64 bits per heavy atom. The molecule has 0 saturated carbocycles. The molecule has 2 unspecified atom stereocenters. The van der Waals surface area contributed by atoms with Crippen LogP contribution in [-0.2, 0) is 0 Å². The van der Waals surface area contributed by atoms with E-state index in [0.717, 1.165) is 17.2 Å². The van der Waals surface area contributed by atoms with Crippen molar-refractivity contribution in [2.45, 2.75) is 33.3 Å². The van der Waals surface area contributed by atoms with Crippen LogP contribution in [0, 0.1) is 5.92 Å². The van der Waals surface area contributed by atoms with Crippen molar-refractivity contribution in [3.05, 3.63) is 29.3 Å². The van der Waals surface area contributed by atoms with Gasteiger partial charge in [-0.05, 0) is 31.0 Å². The molecule has 0 radical (unpaired) electrons. The first-order valence-corrected chi connectivity index (χ1v) is 5.43. The maximum atomic E-state index is 5.86. The molecule has 0 N–H and O–H groups in total. The van der Waals surface area contributed by atoms with Crippen LogP contribution in [0.4, 0.5) is 0 Å². The van der Waals surface area contributed by atoms with Gasteiger partial charge in [0.1, 0.15) is 5.75 Å². The van der Waals surface area contributed by atoms with Crippen LogP contribution in [0.5, 0.6) is 5.75 Å². The van der Waals surface area contributed by atoms with Gasteiger partial charge in [0.2, 0.25) is 0 Å². The summed E-state index contributed by atoms with van der Waals surface area (Å²) in [6.45, 7) is 6.45. The summed E-state index contributed by atoms with van der Waals surface area (Å²) in [5, 5.41) is 0.721. The third-order valence-electron chi connectivity index (χ3n) is 2.56. The van der Waals surface area contributed by atoms with Gasteiger partial charge in [0.15, 0.2) is 0 Å². The Balaban J connectivity index is 2.60. The highest BCUT2D eigenvalue weighted by Gasteiger charge is 2.11. The summed E-state index contributed by atoms with van der Waals surface area (Å²) < 4.78 is 5.76. The fraction of sp³-hybridized carbons (Fsp3) is 0.500. The standard InChI is InChI=1S/C12H17ClO/c1-4-9(2)10(3)14-12-7-5-6-11(13)8-12/h5-10H,4H2,1-3H3. The molecular formula is C12H17ClO. The van der Waals surface area contributed by atoms with E-state index in [9.17, 15) is 0 Å². The van der Waals surface area contributed by atoms with Crippen molar-refractivity contribution in [3.8, 4) is 5.75 Å². The molecule has 2 heteroatoms. The lowest BCUT2D eigenvalue weighted by atomic mass is 10.0. The van der Waals surface area contributed by atoms with Gasteiger partial charge in [-0.25, -0.2) is 0 Å². The third kappa shape index (κ3) is 3.22. The first-order chi connectivity index (χ1) is 6.63. The molecule has 2 atom stereocenters. The number of benzene rings is 1. The Morgan fingerprint density at radius 2 is 2.07 bits per heavy atom. The molecule has 0 spiro atoms. The first-order valence-electron chi connectivity index (χ1n) is 5.05. The molecule has 0 aliphatic heterocycles. The number of halogens is 1. The molecule has 78 valence electrons. The highest BCUT2D eigenvalue weighted by molar-refractivity contribution is 6.30. The topological polar surface area (TPSA) is 9.23 Å². The van der Waals surface area contributed by atoms with E-state index in [0.29, 0.717) is 5.92 Å². The summed E-state index contributed by atoms with van der Waals surface area (Å²) in [6, 6.07) is 7.54. The second kappa shape index (κ2) is 5.26. The van der Waals surface area contributed by atoms with Crippen LogP contribution >= 0.6 is 11.6 Å². The minimum Gasteiger partial charge on any atom is -0.490 e. The van der Waals surface area contributed by atoms with Gasteiger partial charge in [0.05, 0.1) is 6.10 Å². The third-order valence-corrected chi connectivity index (χ3v) is 2.80. The molecular weight excluding hydrogens is 196 g/mol. The summed E-state index contributed by atoms with van der Waals surface area (Å²) in [5.41, 5.74) is 0. The van der Waals surface area contributed by atoms with E-state index in [1.807, 2.05) is 24.3 Å². The second-order valence-electron chi connectivity index (χ2n) is 3.67. The quantitative estimate of drug-likeness (QED) is 0.729. The Kier molecular flexibility index (Phi) is 4.27. The monoisotopic (exact) mass is 212 g/mol. The predicted octanol–water partition coefficient (Wildman–Crippen LogP) is 4.15. The van der Waals surface area contributed by atoms with Gasteiger partial charge in [-0.1, -0.05) is 37.9 Å². The minimum atomic E-state index is 0.235. The zero-order valence-electron chi connectivity index (χ0n) is 8.96. The zero-order valence-corrected chi connectivity index (χ0v) is 9.71. The van der Waals surface area contributed by atoms with E-state index < -0.39 is 0 Å². The van der Waals surface area contributed by atoms with E-state index >= 15 is 0 Å². The normalized spacial score (nSPS) is 14.9. The Hall–Kier alpha value is -0.690. The molecule has 0 amide bonds. The van der Waals surface area contributed by atoms with Crippen molar-refractivity contribution in [3.63, 3.8) is 0 Å². The van der Waals surface area contributed by atoms with Crippen molar-refractivity contribution >= 4 is 11.6 Å².